The van der Waals surface area contributed by atoms with Crippen LogP contribution in [0.4, 0.5) is 5.82 Å². The molecule has 5 atom stereocenters. The van der Waals surface area contributed by atoms with Crippen molar-refractivity contribution in [2.45, 2.75) is 49.8 Å². The van der Waals surface area contributed by atoms with E-state index in [-0.39, 0.29) is 11.5 Å². The van der Waals surface area contributed by atoms with Crippen LogP contribution in [0.15, 0.2) is 11.3 Å². The summed E-state index contributed by atoms with van der Waals surface area (Å²) in [5, 5.41) is 31.8. The lowest BCUT2D eigenvalue weighted by atomic mass is 10.0. The average molecular weight is 478 g/mol. The number of aliphatic hydroxyl groups excluding tert-OH is 2. The first-order chi connectivity index (χ1) is 14.8. The molecule has 1 saturated heterocycles. The van der Waals surface area contributed by atoms with E-state index in [1.54, 1.807) is 0 Å². The first-order valence-electron chi connectivity index (χ1n) is 8.97. The second-order valence-corrected chi connectivity index (χ2v) is 7.48. The number of carbonyl (C=O) groups excluding carboxylic acids is 3. The summed E-state index contributed by atoms with van der Waals surface area (Å²) in [6, 6.07) is -0.490. The largest absolute Gasteiger partial charge is 0.421 e. The summed E-state index contributed by atoms with van der Waals surface area (Å²) in [5.41, 5.74) is 5.75. The number of fused-ring (bicyclic) bond motifs is 1. The molecule has 6 N–H and O–H groups in total. The first kappa shape index (κ1) is 23.8. The second kappa shape index (κ2) is 7.95. The molecule has 16 heteroatoms. The van der Waals surface area contributed by atoms with Crippen LogP contribution in [0.2, 0.25) is 0 Å². The van der Waals surface area contributed by atoms with Crippen molar-refractivity contribution in [3.63, 3.8) is 0 Å². The van der Waals surface area contributed by atoms with E-state index in [4.69, 9.17) is 36.3 Å². The van der Waals surface area contributed by atoms with Gasteiger partial charge in [-0.25, -0.2) is 9.55 Å². The van der Waals surface area contributed by atoms with Gasteiger partial charge < -0.3 is 39.6 Å². The minimum atomic E-state index is -3.10. The van der Waals surface area contributed by atoms with Crippen LogP contribution in [0, 0.1) is 0 Å². The molecule has 2 aliphatic heterocycles. The number of amidine groups is 1. The van der Waals surface area contributed by atoms with Crippen molar-refractivity contribution >= 4 is 41.3 Å². The number of aromatic nitrogens is 2. The van der Waals surface area contributed by atoms with Crippen LogP contribution in [-0.2, 0) is 44.4 Å². The molecule has 0 aliphatic carbocycles. The van der Waals surface area contributed by atoms with Crippen molar-refractivity contribution in [1.82, 2.24) is 14.9 Å². The third-order valence-corrected chi connectivity index (χ3v) is 4.69. The Kier molecular flexibility index (Phi) is 5.92. The Morgan fingerprint density at radius 3 is 2.44 bits per heavy atom. The number of nitrogens with two attached hydrogens (primary N) is 1. The Hall–Kier alpha value is -2.82. The molecule has 1 unspecified atom stereocenters. The van der Waals surface area contributed by atoms with Gasteiger partial charge in [-0.05, 0) is 0 Å². The number of ether oxygens (including phenoxy) is 4. The molecule has 2 aliphatic rings. The maximum Gasteiger partial charge on any atom is 0.375 e. The number of hydrogen-bond acceptors (Lipinski definition) is 14. The Balaban J connectivity index is 2.30. The lowest BCUT2D eigenvalue weighted by molar-refractivity contribution is -0.389. The summed E-state index contributed by atoms with van der Waals surface area (Å²) in [6.45, 7) is 2.03. The Labute approximate surface area is 184 Å². The number of nitrogens with zero attached hydrogens (tertiary/aromatic N) is 3. The predicted octanol–water partition coefficient (Wildman–Crippen LogP) is -2.48. The normalized spacial score (nSPS) is 33.6. The predicted molar refractivity (Wildman–Crippen MR) is 100 cm³/mol. The SMILES string of the molecule is CC(=O)OC1=Nc2c(ncn2[C@]2(OC(C)=O)O[C@H](CO)[C@@H](O)[C@]2(O)OC(C)=O)C(N)(Cl)N1. The van der Waals surface area contributed by atoms with Crippen molar-refractivity contribution in [2.75, 3.05) is 6.61 Å². The number of esters is 3. The van der Waals surface area contributed by atoms with E-state index in [0.29, 0.717) is 0 Å². The summed E-state index contributed by atoms with van der Waals surface area (Å²) in [4.78, 5) is 43.1. The maximum absolute atomic E-state index is 12.0. The molecular formula is C16H20ClN5O10. The lowest BCUT2D eigenvalue weighted by Crippen LogP contribution is -2.62. The summed E-state index contributed by atoms with van der Waals surface area (Å²) >= 11 is 6.22. The van der Waals surface area contributed by atoms with Gasteiger partial charge in [0.05, 0.1) is 6.61 Å². The Morgan fingerprint density at radius 2 is 1.91 bits per heavy atom. The van der Waals surface area contributed by atoms with Gasteiger partial charge in [0.1, 0.15) is 18.1 Å². The van der Waals surface area contributed by atoms with Crippen molar-refractivity contribution in [1.29, 1.82) is 0 Å². The summed E-state index contributed by atoms with van der Waals surface area (Å²) in [6.07, 6.45) is -2.81. The fourth-order valence-corrected chi connectivity index (χ4v) is 3.50. The van der Waals surface area contributed by atoms with E-state index in [1.807, 2.05) is 0 Å². The van der Waals surface area contributed by atoms with Gasteiger partial charge in [-0.15, -0.1) is 0 Å². The van der Waals surface area contributed by atoms with Crippen molar-refractivity contribution in [2.24, 2.45) is 10.7 Å². The second-order valence-electron chi connectivity index (χ2n) is 6.88. The zero-order valence-corrected chi connectivity index (χ0v) is 17.7. The van der Waals surface area contributed by atoms with Crippen LogP contribution >= 0.6 is 11.6 Å². The van der Waals surface area contributed by atoms with Gasteiger partial charge in [-0.1, -0.05) is 11.6 Å². The molecule has 15 nitrogen and oxygen atoms in total. The average Bonchev–Trinajstić information content (AvgIpc) is 3.14. The zero-order chi connectivity index (χ0) is 24.1. The summed E-state index contributed by atoms with van der Waals surface area (Å²) in [5.74, 6) is -9.28. The van der Waals surface area contributed by atoms with E-state index in [0.717, 1.165) is 31.7 Å². The number of rotatable bonds is 4. The fraction of sp³-hybridized carbons (Fsp3) is 0.562. The van der Waals surface area contributed by atoms with Crippen LogP contribution in [0.3, 0.4) is 0 Å². The van der Waals surface area contributed by atoms with E-state index in [2.05, 4.69) is 15.3 Å². The fourth-order valence-electron chi connectivity index (χ4n) is 3.29. The quantitative estimate of drug-likeness (QED) is 0.0998. The number of nitrogens with one attached hydrogen (secondary N) is 1. The number of aliphatic hydroxyl groups is 3. The smallest absolute Gasteiger partial charge is 0.375 e. The van der Waals surface area contributed by atoms with Gasteiger partial charge in [0.25, 0.3) is 0 Å². The molecule has 0 amide bonds. The summed E-state index contributed by atoms with van der Waals surface area (Å²) < 4.78 is 21.2. The molecule has 0 saturated carbocycles. The molecule has 176 valence electrons. The molecule has 1 aromatic rings. The van der Waals surface area contributed by atoms with Gasteiger partial charge >= 0.3 is 35.6 Å². The van der Waals surface area contributed by atoms with Crippen LogP contribution in [0.1, 0.15) is 26.5 Å². The molecule has 1 aromatic heterocycles. The highest BCUT2D eigenvalue weighted by molar-refractivity contribution is 6.25. The standard InChI is InChI=1S/C16H20ClN5O10/c1-6(24)29-13-20-12-10(15(17,18)21-13)19-5-22(12)16(31-8(3)26)14(28,30-7(2)25)11(27)9(4-23)32-16/h5,9,11,23,27-28H,4,18H2,1-3H3,(H,20,21)/t9-,11-,14+,15?,16-/m1/s1. The molecule has 32 heavy (non-hydrogen) atoms. The number of hydrogen-bond donors (Lipinski definition) is 5. The van der Waals surface area contributed by atoms with Gasteiger partial charge in [-0.3, -0.25) is 20.1 Å². The number of alkyl halides is 1. The number of aliphatic imine (C=N–C) groups is 1. The third-order valence-electron chi connectivity index (χ3n) is 4.42. The first-order valence-corrected chi connectivity index (χ1v) is 9.35. The molecule has 0 radical (unpaired) electrons. The van der Waals surface area contributed by atoms with E-state index >= 15 is 0 Å². The van der Waals surface area contributed by atoms with E-state index in [1.165, 1.54) is 0 Å². The minimum absolute atomic E-state index is 0.211. The minimum Gasteiger partial charge on any atom is -0.421 e. The molecular weight excluding hydrogens is 458 g/mol. The number of halogens is 1. The van der Waals surface area contributed by atoms with Gasteiger partial charge in [0.2, 0.25) is 5.12 Å². The van der Waals surface area contributed by atoms with E-state index in [9.17, 15) is 29.7 Å². The summed E-state index contributed by atoms with van der Waals surface area (Å²) in [7, 11) is 0. The van der Waals surface area contributed by atoms with Crippen LogP contribution in [0.5, 0.6) is 0 Å². The number of carbonyl (C=O) groups is 3. The van der Waals surface area contributed by atoms with Crippen LogP contribution in [-0.4, -0.2) is 73.4 Å². The maximum atomic E-state index is 12.0. The van der Waals surface area contributed by atoms with E-state index < -0.39 is 59.6 Å². The highest BCUT2D eigenvalue weighted by Gasteiger charge is 2.73. The lowest BCUT2D eigenvalue weighted by Gasteiger charge is -2.39. The molecule has 3 rings (SSSR count). The van der Waals surface area contributed by atoms with Crippen molar-refractivity contribution in [3.8, 4) is 0 Å². The topological polar surface area (TPSA) is 217 Å². The molecule has 3 heterocycles. The Morgan fingerprint density at radius 1 is 1.28 bits per heavy atom. The van der Waals surface area contributed by atoms with Gasteiger partial charge in [-0.2, -0.15) is 4.99 Å². The molecule has 0 spiro atoms. The van der Waals surface area contributed by atoms with Crippen molar-refractivity contribution < 1.29 is 48.7 Å². The van der Waals surface area contributed by atoms with Crippen molar-refractivity contribution in [3.05, 3.63) is 12.0 Å². The molecule has 0 bridgehead atoms. The molecule has 1 fully saturated rings. The highest BCUT2D eigenvalue weighted by atomic mass is 35.5. The number of imidazole rings is 1. The monoisotopic (exact) mass is 477 g/mol. The van der Waals surface area contributed by atoms with Gasteiger partial charge in [0.15, 0.2) is 11.9 Å². The van der Waals surface area contributed by atoms with Gasteiger partial charge in [0, 0.05) is 20.8 Å². The Bertz CT molecular complexity index is 996. The zero-order valence-electron chi connectivity index (χ0n) is 16.9. The van der Waals surface area contributed by atoms with Crippen LogP contribution < -0.4 is 11.1 Å². The molecule has 0 aromatic carbocycles. The van der Waals surface area contributed by atoms with Crippen LogP contribution in [0.25, 0.3) is 0 Å². The third kappa shape index (κ3) is 3.68. The highest BCUT2D eigenvalue weighted by Crippen LogP contribution is 2.49.